The Morgan fingerprint density at radius 1 is 1.31 bits per heavy atom. The van der Waals surface area contributed by atoms with Gasteiger partial charge in [-0.05, 0) is 51.4 Å². The molecule has 0 radical (unpaired) electrons. The van der Waals surface area contributed by atoms with Gasteiger partial charge in [-0.2, -0.15) is 0 Å². The maximum Gasteiger partial charge on any atom is 0.307 e. The maximum absolute atomic E-state index is 13.2. The quantitative estimate of drug-likeness (QED) is 0.603. The number of nitrogens with zero attached hydrogens (tertiary/aromatic N) is 2. The van der Waals surface area contributed by atoms with E-state index in [2.05, 4.69) is 11.8 Å². The van der Waals surface area contributed by atoms with E-state index in [0.29, 0.717) is 25.7 Å². The van der Waals surface area contributed by atoms with Crippen LogP contribution in [0.4, 0.5) is 0 Å². The molecule has 1 aromatic carbocycles. The molecule has 0 saturated carbocycles. The van der Waals surface area contributed by atoms with Gasteiger partial charge in [-0.3, -0.25) is 14.5 Å². The summed E-state index contributed by atoms with van der Waals surface area (Å²) in [5, 5.41) is 0.977. The number of hydrogen-bond acceptors (Lipinski definition) is 5. The van der Waals surface area contributed by atoms with E-state index in [-0.39, 0.29) is 24.7 Å². The SMILES string of the molecule is CCOC(=O)CCN(CC1CCCN1CC)C(=O)Cc1coc2cc(C)ccc12. The number of aryl methyl sites for hydroxylation is 1. The number of carbonyl (C=O) groups excluding carboxylic acids is 2. The van der Waals surface area contributed by atoms with Gasteiger partial charge < -0.3 is 14.1 Å². The van der Waals surface area contributed by atoms with Gasteiger partial charge in [-0.15, -0.1) is 0 Å². The molecule has 2 heterocycles. The van der Waals surface area contributed by atoms with Crippen molar-refractivity contribution in [3.8, 4) is 0 Å². The van der Waals surface area contributed by atoms with Crippen molar-refractivity contribution in [3.63, 3.8) is 0 Å². The van der Waals surface area contributed by atoms with Gasteiger partial charge in [0.25, 0.3) is 0 Å². The number of likely N-dealkylation sites (N-methyl/N-ethyl adjacent to an activating group) is 1. The molecule has 0 bridgehead atoms. The van der Waals surface area contributed by atoms with Gasteiger partial charge in [0.15, 0.2) is 0 Å². The first-order chi connectivity index (χ1) is 14.0. The van der Waals surface area contributed by atoms with Crippen molar-refractivity contribution in [2.45, 2.75) is 52.5 Å². The van der Waals surface area contributed by atoms with Crippen molar-refractivity contribution in [2.75, 3.05) is 32.8 Å². The second kappa shape index (κ2) is 9.92. The van der Waals surface area contributed by atoms with Crippen LogP contribution in [0, 0.1) is 6.92 Å². The van der Waals surface area contributed by atoms with Crippen LogP contribution in [-0.2, 0) is 20.7 Å². The Labute approximate surface area is 172 Å². The number of carbonyl (C=O) groups is 2. The number of fused-ring (bicyclic) bond motifs is 1. The fraction of sp³-hybridized carbons (Fsp3) is 0.565. The molecule has 1 saturated heterocycles. The lowest BCUT2D eigenvalue weighted by Gasteiger charge is -2.30. The predicted octanol–water partition coefficient (Wildman–Crippen LogP) is 3.55. The van der Waals surface area contributed by atoms with Crippen molar-refractivity contribution in [1.82, 2.24) is 9.80 Å². The Balaban J connectivity index is 1.72. The molecule has 1 fully saturated rings. The second-order valence-electron chi connectivity index (χ2n) is 7.76. The average Bonchev–Trinajstić information content (AvgIpc) is 3.31. The molecular formula is C23H32N2O4. The Morgan fingerprint density at radius 2 is 2.14 bits per heavy atom. The van der Waals surface area contributed by atoms with Gasteiger partial charge in [0.05, 0.1) is 25.7 Å². The highest BCUT2D eigenvalue weighted by atomic mass is 16.5. The highest BCUT2D eigenvalue weighted by Crippen LogP contribution is 2.24. The number of likely N-dealkylation sites (tertiary alicyclic amines) is 1. The summed E-state index contributed by atoms with van der Waals surface area (Å²) < 4.78 is 10.7. The third kappa shape index (κ3) is 5.38. The maximum atomic E-state index is 13.2. The van der Waals surface area contributed by atoms with E-state index in [1.807, 2.05) is 30.0 Å². The predicted molar refractivity (Wildman–Crippen MR) is 113 cm³/mol. The van der Waals surface area contributed by atoms with Crippen LogP contribution in [0.3, 0.4) is 0 Å². The minimum absolute atomic E-state index is 0.0283. The van der Waals surface area contributed by atoms with E-state index in [1.165, 1.54) is 0 Å². The van der Waals surface area contributed by atoms with E-state index in [4.69, 9.17) is 9.15 Å². The van der Waals surface area contributed by atoms with Gasteiger partial charge in [0.1, 0.15) is 5.58 Å². The molecule has 29 heavy (non-hydrogen) atoms. The van der Waals surface area contributed by atoms with Gasteiger partial charge in [0, 0.05) is 30.1 Å². The van der Waals surface area contributed by atoms with Gasteiger partial charge in [0.2, 0.25) is 5.91 Å². The zero-order chi connectivity index (χ0) is 20.8. The molecule has 1 aromatic heterocycles. The highest BCUT2D eigenvalue weighted by molar-refractivity contribution is 5.88. The first kappa shape index (κ1) is 21.4. The van der Waals surface area contributed by atoms with Gasteiger partial charge in [-0.25, -0.2) is 0 Å². The van der Waals surface area contributed by atoms with E-state index in [9.17, 15) is 9.59 Å². The van der Waals surface area contributed by atoms with E-state index < -0.39 is 0 Å². The minimum atomic E-state index is -0.256. The molecule has 6 nitrogen and oxygen atoms in total. The summed E-state index contributed by atoms with van der Waals surface area (Å²) >= 11 is 0. The summed E-state index contributed by atoms with van der Waals surface area (Å²) in [5.74, 6) is -0.228. The molecule has 1 atom stereocenters. The number of esters is 1. The molecule has 1 unspecified atom stereocenters. The van der Waals surface area contributed by atoms with Crippen molar-refractivity contribution < 1.29 is 18.7 Å². The third-order valence-corrected chi connectivity index (χ3v) is 5.73. The minimum Gasteiger partial charge on any atom is -0.466 e. The lowest BCUT2D eigenvalue weighted by atomic mass is 10.1. The lowest BCUT2D eigenvalue weighted by Crippen LogP contribution is -2.44. The molecule has 1 amide bonds. The van der Waals surface area contributed by atoms with Crippen LogP contribution in [0.2, 0.25) is 0 Å². The Kier molecular flexibility index (Phi) is 7.31. The number of hydrogen-bond donors (Lipinski definition) is 0. The summed E-state index contributed by atoms with van der Waals surface area (Å²) in [6.45, 7) is 9.43. The first-order valence-electron chi connectivity index (χ1n) is 10.7. The standard InChI is InChI=1S/C23H32N2O4/c1-4-24-11-6-7-19(24)15-25(12-10-23(27)28-5-2)22(26)14-18-16-29-21-13-17(3)8-9-20(18)21/h8-9,13,16,19H,4-7,10-12,14-15H2,1-3H3. The topological polar surface area (TPSA) is 63.0 Å². The summed E-state index contributed by atoms with van der Waals surface area (Å²) in [6, 6.07) is 6.38. The van der Waals surface area contributed by atoms with Crippen LogP contribution >= 0.6 is 0 Å². The normalized spacial score (nSPS) is 17.0. The van der Waals surface area contributed by atoms with Crippen LogP contribution in [0.25, 0.3) is 11.0 Å². The third-order valence-electron chi connectivity index (χ3n) is 5.73. The number of ether oxygens (including phenoxy) is 1. The highest BCUT2D eigenvalue weighted by Gasteiger charge is 2.28. The van der Waals surface area contributed by atoms with Crippen LogP contribution in [0.1, 0.15) is 44.2 Å². The van der Waals surface area contributed by atoms with E-state index >= 15 is 0 Å². The summed E-state index contributed by atoms with van der Waals surface area (Å²) in [5.41, 5.74) is 2.82. The van der Waals surface area contributed by atoms with E-state index in [1.54, 1.807) is 13.2 Å². The Hall–Kier alpha value is -2.34. The largest absolute Gasteiger partial charge is 0.466 e. The van der Waals surface area contributed by atoms with Crippen molar-refractivity contribution in [2.24, 2.45) is 0 Å². The van der Waals surface area contributed by atoms with Gasteiger partial charge >= 0.3 is 5.97 Å². The summed E-state index contributed by atoms with van der Waals surface area (Å²) in [6.07, 6.45) is 4.43. The molecule has 3 rings (SSSR count). The number of benzene rings is 1. The molecule has 2 aromatic rings. The monoisotopic (exact) mass is 400 g/mol. The number of amides is 1. The molecule has 0 spiro atoms. The molecule has 6 heteroatoms. The molecule has 0 N–H and O–H groups in total. The molecule has 1 aliphatic heterocycles. The summed E-state index contributed by atoms with van der Waals surface area (Å²) in [4.78, 5) is 29.3. The van der Waals surface area contributed by atoms with Crippen molar-refractivity contribution >= 4 is 22.8 Å². The second-order valence-corrected chi connectivity index (χ2v) is 7.76. The summed E-state index contributed by atoms with van der Waals surface area (Å²) in [7, 11) is 0. The average molecular weight is 401 g/mol. The van der Waals surface area contributed by atoms with Crippen molar-refractivity contribution in [1.29, 1.82) is 0 Å². The molecular weight excluding hydrogens is 368 g/mol. The fourth-order valence-corrected chi connectivity index (χ4v) is 4.15. The Morgan fingerprint density at radius 3 is 2.90 bits per heavy atom. The molecule has 0 aliphatic carbocycles. The number of rotatable bonds is 9. The Bertz CT molecular complexity index is 845. The van der Waals surface area contributed by atoms with Crippen LogP contribution < -0.4 is 0 Å². The first-order valence-corrected chi connectivity index (χ1v) is 10.7. The van der Waals surface area contributed by atoms with Gasteiger partial charge in [-0.1, -0.05) is 19.1 Å². The van der Waals surface area contributed by atoms with Crippen LogP contribution in [-0.4, -0.2) is 60.5 Å². The van der Waals surface area contributed by atoms with Crippen molar-refractivity contribution in [3.05, 3.63) is 35.6 Å². The lowest BCUT2D eigenvalue weighted by molar-refractivity contribution is -0.144. The van der Waals surface area contributed by atoms with Crippen LogP contribution in [0.15, 0.2) is 28.9 Å². The molecule has 1 aliphatic rings. The smallest absolute Gasteiger partial charge is 0.307 e. The fourth-order valence-electron chi connectivity index (χ4n) is 4.15. The van der Waals surface area contributed by atoms with Crippen LogP contribution in [0.5, 0.6) is 0 Å². The zero-order valence-electron chi connectivity index (χ0n) is 17.8. The zero-order valence-corrected chi connectivity index (χ0v) is 17.8. The van der Waals surface area contributed by atoms with E-state index in [0.717, 1.165) is 48.0 Å². The number of furan rings is 1. The molecule has 158 valence electrons.